The number of carboxylic acids is 1. The van der Waals surface area contributed by atoms with E-state index in [9.17, 15) is 14.7 Å². The number of hydrogen-bond acceptors (Lipinski definition) is 3. The lowest BCUT2D eigenvalue weighted by molar-refractivity contribution is -0.160. The number of carboxylic acid groups (broad SMARTS) is 1. The van der Waals surface area contributed by atoms with Crippen LogP contribution in [0.5, 0.6) is 0 Å². The maximum absolute atomic E-state index is 13.0. The van der Waals surface area contributed by atoms with E-state index in [2.05, 4.69) is 0 Å². The first kappa shape index (κ1) is 15.3. The summed E-state index contributed by atoms with van der Waals surface area (Å²) in [4.78, 5) is 26.2. The molecule has 1 unspecified atom stereocenters. The van der Waals surface area contributed by atoms with Crippen LogP contribution in [0.1, 0.15) is 58.3 Å². The fourth-order valence-corrected chi connectivity index (χ4v) is 3.71. The number of aliphatic carboxylic acids is 1. The van der Waals surface area contributed by atoms with Crippen molar-refractivity contribution in [3.05, 3.63) is 0 Å². The molecule has 1 heterocycles. The first-order valence-corrected chi connectivity index (χ1v) is 7.72. The van der Waals surface area contributed by atoms with Crippen molar-refractivity contribution in [3.63, 3.8) is 0 Å². The summed E-state index contributed by atoms with van der Waals surface area (Å²) < 4.78 is 0. The lowest BCUT2D eigenvalue weighted by atomic mass is 9.78. The van der Waals surface area contributed by atoms with Gasteiger partial charge in [-0.3, -0.25) is 4.79 Å². The minimum absolute atomic E-state index is 0.0238. The molecule has 2 fully saturated rings. The quantitative estimate of drug-likeness (QED) is 0.772. The summed E-state index contributed by atoms with van der Waals surface area (Å²) in [5.74, 6) is -0.923. The van der Waals surface area contributed by atoms with Crippen LogP contribution in [0.2, 0.25) is 0 Å². The normalized spacial score (nSPS) is 30.0. The molecular weight excluding hydrogens is 256 g/mol. The molecule has 5 heteroatoms. The zero-order valence-corrected chi connectivity index (χ0v) is 12.4. The molecule has 20 heavy (non-hydrogen) atoms. The summed E-state index contributed by atoms with van der Waals surface area (Å²) in [6.45, 7) is 2.54. The van der Waals surface area contributed by atoms with Crippen molar-refractivity contribution in [2.75, 3.05) is 13.1 Å². The molecule has 3 N–H and O–H groups in total. The Morgan fingerprint density at radius 3 is 2.20 bits per heavy atom. The Kier molecular flexibility index (Phi) is 4.37. The lowest BCUT2D eigenvalue weighted by Crippen LogP contribution is -2.57. The first-order chi connectivity index (χ1) is 9.46. The van der Waals surface area contributed by atoms with Gasteiger partial charge >= 0.3 is 5.97 Å². The summed E-state index contributed by atoms with van der Waals surface area (Å²) in [5.41, 5.74) is 4.37. The number of amides is 1. The van der Waals surface area contributed by atoms with Crippen molar-refractivity contribution >= 4 is 11.9 Å². The van der Waals surface area contributed by atoms with Crippen molar-refractivity contribution in [1.82, 2.24) is 4.90 Å². The van der Waals surface area contributed by atoms with Crippen LogP contribution in [0.4, 0.5) is 0 Å². The molecule has 1 aliphatic carbocycles. The van der Waals surface area contributed by atoms with Gasteiger partial charge in [0.2, 0.25) is 5.91 Å². The SMILES string of the molecule is CC1(C(=O)O)CCCN1C(=O)C1(CN)CCCCCC1. The molecule has 114 valence electrons. The third kappa shape index (κ3) is 2.43. The molecule has 1 saturated carbocycles. The van der Waals surface area contributed by atoms with E-state index >= 15 is 0 Å². The fourth-order valence-electron chi connectivity index (χ4n) is 3.71. The molecule has 1 aliphatic heterocycles. The molecule has 0 aromatic heterocycles. The number of nitrogens with zero attached hydrogens (tertiary/aromatic N) is 1. The summed E-state index contributed by atoms with van der Waals surface area (Å²) in [7, 11) is 0. The molecule has 1 amide bonds. The monoisotopic (exact) mass is 282 g/mol. The second-order valence-corrected chi connectivity index (χ2v) is 6.54. The van der Waals surface area contributed by atoms with Crippen LogP contribution in [-0.4, -0.2) is 40.5 Å². The maximum Gasteiger partial charge on any atom is 0.329 e. The zero-order chi connectivity index (χ0) is 14.8. The molecule has 1 saturated heterocycles. The van der Waals surface area contributed by atoms with E-state index in [-0.39, 0.29) is 5.91 Å². The molecule has 0 bridgehead atoms. The maximum atomic E-state index is 13.0. The lowest BCUT2D eigenvalue weighted by Gasteiger charge is -2.39. The number of likely N-dealkylation sites (tertiary alicyclic amines) is 1. The van der Waals surface area contributed by atoms with E-state index in [1.807, 2.05) is 0 Å². The predicted octanol–water partition coefficient (Wildman–Crippen LogP) is 1.75. The van der Waals surface area contributed by atoms with E-state index in [4.69, 9.17) is 5.73 Å². The van der Waals surface area contributed by atoms with Gasteiger partial charge in [0.15, 0.2) is 0 Å². The van der Waals surface area contributed by atoms with E-state index in [1.54, 1.807) is 11.8 Å². The van der Waals surface area contributed by atoms with Crippen LogP contribution in [0.3, 0.4) is 0 Å². The van der Waals surface area contributed by atoms with Gasteiger partial charge < -0.3 is 15.7 Å². The third-order valence-electron chi connectivity index (χ3n) is 5.25. The van der Waals surface area contributed by atoms with Crippen LogP contribution in [0, 0.1) is 5.41 Å². The second-order valence-electron chi connectivity index (χ2n) is 6.54. The Morgan fingerprint density at radius 1 is 1.10 bits per heavy atom. The van der Waals surface area contributed by atoms with Crippen LogP contribution < -0.4 is 5.73 Å². The van der Waals surface area contributed by atoms with Crippen LogP contribution in [-0.2, 0) is 9.59 Å². The Hall–Kier alpha value is -1.10. The molecule has 2 rings (SSSR count). The van der Waals surface area contributed by atoms with E-state index < -0.39 is 16.9 Å². The second kappa shape index (κ2) is 5.72. The summed E-state index contributed by atoms with van der Waals surface area (Å²) in [6, 6.07) is 0. The minimum atomic E-state index is -1.05. The summed E-state index contributed by atoms with van der Waals surface area (Å²) >= 11 is 0. The Balaban J connectivity index is 2.26. The van der Waals surface area contributed by atoms with Gasteiger partial charge in [0, 0.05) is 13.1 Å². The molecule has 0 spiro atoms. The first-order valence-electron chi connectivity index (χ1n) is 7.72. The fraction of sp³-hybridized carbons (Fsp3) is 0.867. The van der Waals surface area contributed by atoms with Gasteiger partial charge in [0.05, 0.1) is 5.41 Å². The Bertz CT molecular complexity index is 389. The van der Waals surface area contributed by atoms with Gasteiger partial charge in [-0.1, -0.05) is 25.7 Å². The third-order valence-corrected chi connectivity index (χ3v) is 5.25. The smallest absolute Gasteiger partial charge is 0.329 e. The van der Waals surface area contributed by atoms with Crippen molar-refractivity contribution in [2.24, 2.45) is 11.1 Å². The number of nitrogens with two attached hydrogens (primary N) is 1. The molecular formula is C15H26N2O3. The Labute approximate surface area is 120 Å². The van der Waals surface area contributed by atoms with Gasteiger partial charge in [-0.2, -0.15) is 0 Å². The average Bonchev–Trinajstić information content (AvgIpc) is 2.68. The Morgan fingerprint density at radius 2 is 1.70 bits per heavy atom. The number of rotatable bonds is 3. The molecule has 1 atom stereocenters. The largest absolute Gasteiger partial charge is 0.480 e. The van der Waals surface area contributed by atoms with Crippen LogP contribution in [0.25, 0.3) is 0 Å². The molecule has 5 nitrogen and oxygen atoms in total. The van der Waals surface area contributed by atoms with E-state index in [1.165, 1.54) is 0 Å². The molecule has 0 radical (unpaired) electrons. The highest BCUT2D eigenvalue weighted by molar-refractivity contribution is 5.90. The van der Waals surface area contributed by atoms with Gasteiger partial charge in [-0.05, 0) is 32.6 Å². The summed E-state index contributed by atoms with van der Waals surface area (Å²) in [5, 5.41) is 9.48. The molecule has 0 aromatic carbocycles. The van der Waals surface area contributed by atoms with E-state index in [0.717, 1.165) is 44.9 Å². The van der Waals surface area contributed by atoms with Crippen LogP contribution >= 0.6 is 0 Å². The van der Waals surface area contributed by atoms with Crippen LogP contribution in [0.15, 0.2) is 0 Å². The van der Waals surface area contributed by atoms with Gasteiger partial charge in [-0.25, -0.2) is 4.79 Å². The highest BCUT2D eigenvalue weighted by Gasteiger charge is 2.51. The highest BCUT2D eigenvalue weighted by Crippen LogP contribution is 2.40. The standard InChI is InChI=1S/C15H26N2O3/c1-14(13(19)20)7-6-10-17(14)12(18)15(11-16)8-4-2-3-5-9-15/h2-11,16H2,1H3,(H,19,20). The summed E-state index contributed by atoms with van der Waals surface area (Å²) in [6.07, 6.45) is 7.21. The van der Waals surface area contributed by atoms with Crippen molar-refractivity contribution in [3.8, 4) is 0 Å². The van der Waals surface area contributed by atoms with Crippen molar-refractivity contribution < 1.29 is 14.7 Å². The number of carbonyl (C=O) groups is 2. The highest BCUT2D eigenvalue weighted by atomic mass is 16.4. The predicted molar refractivity (Wildman–Crippen MR) is 76.2 cm³/mol. The molecule has 2 aliphatic rings. The topological polar surface area (TPSA) is 83.6 Å². The van der Waals surface area contributed by atoms with Crippen molar-refractivity contribution in [2.45, 2.75) is 63.8 Å². The molecule has 0 aromatic rings. The van der Waals surface area contributed by atoms with Crippen molar-refractivity contribution in [1.29, 1.82) is 0 Å². The number of hydrogen-bond donors (Lipinski definition) is 2. The average molecular weight is 282 g/mol. The van der Waals surface area contributed by atoms with E-state index in [0.29, 0.717) is 19.5 Å². The number of carbonyl (C=O) groups excluding carboxylic acids is 1. The van der Waals surface area contributed by atoms with Gasteiger partial charge in [-0.15, -0.1) is 0 Å². The van der Waals surface area contributed by atoms with Gasteiger partial charge in [0.1, 0.15) is 5.54 Å². The van der Waals surface area contributed by atoms with Gasteiger partial charge in [0.25, 0.3) is 0 Å². The zero-order valence-electron chi connectivity index (χ0n) is 12.4. The minimum Gasteiger partial charge on any atom is -0.480 e.